The molecule has 0 aliphatic carbocycles. The molecular formula is C18H29N3O2S2. The van der Waals surface area contributed by atoms with Gasteiger partial charge in [0, 0.05) is 11.4 Å². The summed E-state index contributed by atoms with van der Waals surface area (Å²) in [6.07, 6.45) is 6.88. The molecule has 0 saturated heterocycles. The molecule has 1 amide bonds. The van der Waals surface area contributed by atoms with Crippen LogP contribution in [-0.4, -0.2) is 30.9 Å². The summed E-state index contributed by atoms with van der Waals surface area (Å²) in [6.45, 7) is 5.19. The maximum Gasteiger partial charge on any atom is 0.273 e. The molecule has 0 bridgehead atoms. The van der Waals surface area contributed by atoms with Crippen LogP contribution in [0.5, 0.6) is 5.75 Å². The molecule has 3 N–H and O–H groups in total. The number of methoxy groups -OCH3 is 1. The number of carbonyl (C=O) groups is 1. The van der Waals surface area contributed by atoms with Gasteiger partial charge in [-0.05, 0) is 49.0 Å². The molecule has 5 nitrogen and oxygen atoms in total. The SMILES string of the molecule is CCCCC[C@H](C)CNC(=S)NNC(=O)c1ccc(SC)cc1OC. The van der Waals surface area contributed by atoms with Gasteiger partial charge in [-0.25, -0.2) is 0 Å². The Labute approximate surface area is 160 Å². The van der Waals surface area contributed by atoms with E-state index < -0.39 is 0 Å². The van der Waals surface area contributed by atoms with Crippen molar-refractivity contribution in [2.75, 3.05) is 19.9 Å². The summed E-state index contributed by atoms with van der Waals surface area (Å²) in [6, 6.07) is 5.47. The van der Waals surface area contributed by atoms with Crippen molar-refractivity contribution >= 4 is 35.0 Å². The molecule has 0 fully saturated rings. The van der Waals surface area contributed by atoms with Crippen LogP contribution < -0.4 is 20.9 Å². The first-order chi connectivity index (χ1) is 12.0. The van der Waals surface area contributed by atoms with Gasteiger partial charge in [0.15, 0.2) is 5.11 Å². The van der Waals surface area contributed by atoms with Crippen molar-refractivity contribution in [3.8, 4) is 5.75 Å². The Kier molecular flexibility index (Phi) is 10.3. The zero-order valence-corrected chi connectivity index (χ0v) is 17.1. The number of thiocarbonyl (C=S) groups is 1. The second-order valence-corrected chi connectivity index (χ2v) is 7.24. The van der Waals surface area contributed by atoms with Gasteiger partial charge in [0.1, 0.15) is 5.75 Å². The summed E-state index contributed by atoms with van der Waals surface area (Å²) in [7, 11) is 1.55. The lowest BCUT2D eigenvalue weighted by Gasteiger charge is -2.16. The van der Waals surface area contributed by atoms with E-state index in [1.807, 2.05) is 18.4 Å². The standard InChI is InChI=1S/C18H29N3O2S2/c1-5-6-7-8-13(2)12-19-18(24)21-20-17(22)15-10-9-14(25-4)11-16(15)23-3/h9-11,13H,5-8,12H2,1-4H3,(H,20,22)(H2,19,21,24)/t13-/m0/s1. The molecule has 1 atom stereocenters. The molecule has 1 aromatic carbocycles. The molecular weight excluding hydrogens is 354 g/mol. The van der Waals surface area contributed by atoms with E-state index in [0.717, 1.165) is 11.4 Å². The van der Waals surface area contributed by atoms with Crippen molar-refractivity contribution in [2.24, 2.45) is 5.92 Å². The predicted molar refractivity (Wildman–Crippen MR) is 109 cm³/mol. The number of benzene rings is 1. The Hall–Kier alpha value is -1.47. The van der Waals surface area contributed by atoms with Crippen LogP contribution in [0.4, 0.5) is 0 Å². The molecule has 0 saturated carbocycles. The largest absolute Gasteiger partial charge is 0.496 e. The van der Waals surface area contributed by atoms with Gasteiger partial charge in [0.2, 0.25) is 0 Å². The fourth-order valence-electron chi connectivity index (χ4n) is 2.32. The molecule has 0 heterocycles. The molecule has 1 aromatic rings. The van der Waals surface area contributed by atoms with Crippen LogP contribution in [0.15, 0.2) is 23.1 Å². The number of hydrogen-bond donors (Lipinski definition) is 3. The fourth-order valence-corrected chi connectivity index (χ4v) is 2.89. The fraction of sp³-hybridized carbons (Fsp3) is 0.556. The minimum absolute atomic E-state index is 0.287. The van der Waals surface area contributed by atoms with Gasteiger partial charge in [-0.3, -0.25) is 15.6 Å². The van der Waals surface area contributed by atoms with Crippen LogP contribution in [0.25, 0.3) is 0 Å². The molecule has 25 heavy (non-hydrogen) atoms. The van der Waals surface area contributed by atoms with E-state index in [0.29, 0.717) is 22.3 Å². The van der Waals surface area contributed by atoms with E-state index in [-0.39, 0.29) is 5.91 Å². The summed E-state index contributed by atoms with van der Waals surface area (Å²) in [4.78, 5) is 13.3. The number of thioether (sulfide) groups is 1. The quantitative estimate of drug-likeness (QED) is 0.261. The van der Waals surface area contributed by atoms with Crippen LogP contribution in [0.1, 0.15) is 49.9 Å². The monoisotopic (exact) mass is 383 g/mol. The molecule has 0 aromatic heterocycles. The van der Waals surface area contributed by atoms with Gasteiger partial charge in [-0.1, -0.05) is 33.1 Å². The third kappa shape index (κ3) is 7.96. The lowest BCUT2D eigenvalue weighted by atomic mass is 10.0. The lowest BCUT2D eigenvalue weighted by molar-refractivity contribution is 0.0940. The first kappa shape index (κ1) is 21.6. The van der Waals surface area contributed by atoms with E-state index in [9.17, 15) is 4.79 Å². The van der Waals surface area contributed by atoms with E-state index >= 15 is 0 Å². The third-order valence-electron chi connectivity index (χ3n) is 3.85. The average Bonchev–Trinajstić information content (AvgIpc) is 2.63. The predicted octanol–water partition coefficient (Wildman–Crippen LogP) is 3.74. The number of nitrogens with one attached hydrogen (secondary N) is 3. The van der Waals surface area contributed by atoms with Crippen molar-refractivity contribution in [3.63, 3.8) is 0 Å². The van der Waals surface area contributed by atoms with Crippen molar-refractivity contribution < 1.29 is 9.53 Å². The summed E-state index contributed by atoms with van der Waals surface area (Å²) in [5, 5.41) is 3.55. The van der Waals surface area contributed by atoms with Crippen LogP contribution in [0, 0.1) is 5.92 Å². The number of hydrazine groups is 1. The van der Waals surface area contributed by atoms with Crippen LogP contribution in [-0.2, 0) is 0 Å². The number of unbranched alkanes of at least 4 members (excludes halogenated alkanes) is 2. The van der Waals surface area contributed by atoms with Gasteiger partial charge in [-0.2, -0.15) is 0 Å². The Morgan fingerprint density at radius 2 is 2.08 bits per heavy atom. The second-order valence-electron chi connectivity index (χ2n) is 5.96. The van der Waals surface area contributed by atoms with Crippen LogP contribution in [0.2, 0.25) is 0 Å². The molecule has 0 unspecified atom stereocenters. The summed E-state index contributed by atoms with van der Waals surface area (Å²) >= 11 is 6.80. The first-order valence-corrected chi connectivity index (χ1v) is 10.2. The Bertz CT molecular complexity index is 567. The maximum atomic E-state index is 12.3. The molecule has 0 radical (unpaired) electrons. The van der Waals surface area contributed by atoms with Crippen molar-refractivity contribution in [1.82, 2.24) is 16.2 Å². The van der Waals surface area contributed by atoms with Gasteiger partial charge in [0.05, 0.1) is 12.7 Å². The summed E-state index contributed by atoms with van der Waals surface area (Å²) < 4.78 is 5.29. The highest BCUT2D eigenvalue weighted by Crippen LogP contribution is 2.25. The normalized spacial score (nSPS) is 11.5. The maximum absolute atomic E-state index is 12.3. The molecule has 0 spiro atoms. The summed E-state index contributed by atoms with van der Waals surface area (Å²) in [5.74, 6) is 0.792. The smallest absolute Gasteiger partial charge is 0.273 e. The van der Waals surface area contributed by atoms with E-state index in [4.69, 9.17) is 17.0 Å². The van der Waals surface area contributed by atoms with E-state index in [1.54, 1.807) is 24.9 Å². The number of carbonyl (C=O) groups excluding carboxylic acids is 1. The first-order valence-electron chi connectivity index (χ1n) is 8.58. The van der Waals surface area contributed by atoms with Gasteiger partial charge in [-0.15, -0.1) is 11.8 Å². The molecule has 7 heteroatoms. The number of ether oxygens (including phenoxy) is 1. The minimum atomic E-state index is -0.287. The second kappa shape index (κ2) is 12.0. The topological polar surface area (TPSA) is 62.4 Å². The van der Waals surface area contributed by atoms with Crippen LogP contribution >= 0.6 is 24.0 Å². The molecule has 1 rings (SSSR count). The van der Waals surface area contributed by atoms with Gasteiger partial charge >= 0.3 is 0 Å². The number of hydrogen-bond acceptors (Lipinski definition) is 4. The third-order valence-corrected chi connectivity index (χ3v) is 4.83. The average molecular weight is 384 g/mol. The highest BCUT2D eigenvalue weighted by molar-refractivity contribution is 7.98. The molecule has 140 valence electrons. The Morgan fingerprint density at radius 1 is 1.32 bits per heavy atom. The van der Waals surface area contributed by atoms with Gasteiger partial charge in [0.25, 0.3) is 5.91 Å². The molecule has 0 aliphatic heterocycles. The van der Waals surface area contributed by atoms with Crippen molar-refractivity contribution in [3.05, 3.63) is 23.8 Å². The molecule has 0 aliphatic rings. The zero-order chi connectivity index (χ0) is 18.7. The minimum Gasteiger partial charge on any atom is -0.496 e. The van der Waals surface area contributed by atoms with Crippen molar-refractivity contribution in [1.29, 1.82) is 0 Å². The highest BCUT2D eigenvalue weighted by atomic mass is 32.2. The Balaban J connectivity index is 2.42. The zero-order valence-electron chi connectivity index (χ0n) is 15.5. The van der Waals surface area contributed by atoms with Crippen LogP contribution in [0.3, 0.4) is 0 Å². The number of amides is 1. The van der Waals surface area contributed by atoms with E-state index in [2.05, 4.69) is 30.0 Å². The van der Waals surface area contributed by atoms with E-state index in [1.165, 1.54) is 25.7 Å². The van der Waals surface area contributed by atoms with Gasteiger partial charge < -0.3 is 10.1 Å². The Morgan fingerprint density at radius 3 is 2.72 bits per heavy atom. The highest BCUT2D eigenvalue weighted by Gasteiger charge is 2.13. The summed E-state index contributed by atoms with van der Waals surface area (Å²) in [5.41, 5.74) is 5.81. The van der Waals surface area contributed by atoms with Crippen molar-refractivity contribution in [2.45, 2.75) is 44.4 Å². The lowest BCUT2D eigenvalue weighted by Crippen LogP contribution is -2.47. The number of rotatable bonds is 9.